The van der Waals surface area contributed by atoms with Crippen LogP contribution in [0.1, 0.15) is 12.5 Å². The monoisotopic (exact) mass is 180 g/mol. The van der Waals surface area contributed by atoms with Crippen LogP contribution in [0.3, 0.4) is 0 Å². The fraction of sp³-hybridized carbons (Fsp3) is 0.222. The largest absolute Gasteiger partial charge is 0.394 e. The molecule has 0 aliphatic carbocycles. The fourth-order valence-electron chi connectivity index (χ4n) is 0.729. The van der Waals surface area contributed by atoms with Crippen molar-refractivity contribution in [3.05, 3.63) is 41.2 Å². The van der Waals surface area contributed by atoms with Gasteiger partial charge in [-0.1, -0.05) is 6.08 Å². The van der Waals surface area contributed by atoms with Crippen LogP contribution in [-0.2, 0) is 5.75 Å². The SMILES string of the molecule is C/C=C(\N)SCc1ccncc1. The molecule has 1 aromatic heterocycles. The normalized spacial score (nSPS) is 11.6. The van der Waals surface area contributed by atoms with Gasteiger partial charge in [0.05, 0.1) is 5.03 Å². The highest BCUT2D eigenvalue weighted by Crippen LogP contribution is 2.15. The second-order valence-electron chi connectivity index (χ2n) is 2.34. The van der Waals surface area contributed by atoms with Crippen molar-refractivity contribution < 1.29 is 0 Å². The van der Waals surface area contributed by atoms with Gasteiger partial charge in [-0.3, -0.25) is 4.98 Å². The summed E-state index contributed by atoms with van der Waals surface area (Å²) >= 11 is 1.64. The van der Waals surface area contributed by atoms with Crippen LogP contribution in [0, 0.1) is 0 Å². The molecule has 0 amide bonds. The van der Waals surface area contributed by atoms with Gasteiger partial charge in [0, 0.05) is 18.1 Å². The van der Waals surface area contributed by atoms with E-state index in [0.717, 1.165) is 10.8 Å². The molecule has 1 heterocycles. The van der Waals surface area contributed by atoms with E-state index in [0.29, 0.717) is 0 Å². The summed E-state index contributed by atoms with van der Waals surface area (Å²) in [6, 6.07) is 3.99. The van der Waals surface area contributed by atoms with Crippen LogP contribution in [0.25, 0.3) is 0 Å². The van der Waals surface area contributed by atoms with Gasteiger partial charge in [0.1, 0.15) is 0 Å². The van der Waals surface area contributed by atoms with Gasteiger partial charge in [-0.15, -0.1) is 11.8 Å². The zero-order valence-corrected chi connectivity index (χ0v) is 7.84. The molecule has 12 heavy (non-hydrogen) atoms. The van der Waals surface area contributed by atoms with E-state index in [9.17, 15) is 0 Å². The first kappa shape index (κ1) is 9.13. The van der Waals surface area contributed by atoms with Crippen molar-refractivity contribution in [1.29, 1.82) is 0 Å². The van der Waals surface area contributed by atoms with Crippen molar-refractivity contribution in [2.24, 2.45) is 5.73 Å². The lowest BCUT2D eigenvalue weighted by Crippen LogP contribution is -1.91. The number of nitrogens with two attached hydrogens (primary N) is 1. The van der Waals surface area contributed by atoms with Crippen molar-refractivity contribution in [3.63, 3.8) is 0 Å². The number of allylic oxidation sites excluding steroid dienone is 1. The second kappa shape index (κ2) is 4.83. The van der Waals surface area contributed by atoms with Crippen LogP contribution in [0.15, 0.2) is 35.6 Å². The highest BCUT2D eigenvalue weighted by Gasteiger charge is 1.92. The van der Waals surface area contributed by atoms with Crippen LogP contribution in [0.5, 0.6) is 0 Å². The van der Waals surface area contributed by atoms with Crippen LogP contribution in [0.2, 0.25) is 0 Å². The number of rotatable bonds is 3. The summed E-state index contributed by atoms with van der Waals surface area (Å²) in [5.41, 5.74) is 6.88. The van der Waals surface area contributed by atoms with Crippen molar-refractivity contribution in [3.8, 4) is 0 Å². The lowest BCUT2D eigenvalue weighted by Gasteiger charge is -1.99. The van der Waals surface area contributed by atoms with Crippen LogP contribution < -0.4 is 5.73 Å². The number of thioether (sulfide) groups is 1. The summed E-state index contributed by atoms with van der Waals surface area (Å²) in [6.45, 7) is 1.94. The van der Waals surface area contributed by atoms with E-state index in [1.54, 1.807) is 24.2 Å². The topological polar surface area (TPSA) is 38.9 Å². The van der Waals surface area contributed by atoms with E-state index in [-0.39, 0.29) is 0 Å². The van der Waals surface area contributed by atoms with E-state index < -0.39 is 0 Å². The summed E-state index contributed by atoms with van der Waals surface area (Å²) in [5.74, 6) is 0.915. The number of hydrogen-bond donors (Lipinski definition) is 1. The Hall–Kier alpha value is -0.960. The van der Waals surface area contributed by atoms with E-state index in [2.05, 4.69) is 4.98 Å². The molecule has 2 N–H and O–H groups in total. The van der Waals surface area contributed by atoms with Crippen LogP contribution >= 0.6 is 11.8 Å². The van der Waals surface area contributed by atoms with Gasteiger partial charge >= 0.3 is 0 Å². The Bertz CT molecular complexity index is 256. The van der Waals surface area contributed by atoms with Crippen molar-refractivity contribution >= 4 is 11.8 Å². The Labute approximate surface area is 76.9 Å². The average Bonchev–Trinajstić information content (AvgIpc) is 2.16. The zero-order chi connectivity index (χ0) is 8.81. The van der Waals surface area contributed by atoms with Crippen LogP contribution in [0.4, 0.5) is 0 Å². The number of aromatic nitrogens is 1. The van der Waals surface area contributed by atoms with Crippen molar-refractivity contribution in [2.75, 3.05) is 0 Å². The lowest BCUT2D eigenvalue weighted by atomic mass is 10.3. The summed E-state index contributed by atoms with van der Waals surface area (Å²) in [4.78, 5) is 3.94. The Morgan fingerprint density at radius 3 is 2.83 bits per heavy atom. The molecule has 0 unspecified atom stereocenters. The molecule has 0 saturated heterocycles. The fourth-order valence-corrected chi connectivity index (χ4v) is 1.42. The maximum atomic E-state index is 5.63. The third kappa shape index (κ3) is 2.96. The standard InChI is InChI=1S/C9H12N2S/c1-2-9(10)12-7-8-3-5-11-6-4-8/h2-6H,7,10H2,1H3/b9-2+. The molecular formula is C9H12N2S. The van der Waals surface area contributed by atoms with Crippen LogP contribution in [-0.4, -0.2) is 4.98 Å². The molecular weight excluding hydrogens is 168 g/mol. The number of pyridine rings is 1. The highest BCUT2D eigenvalue weighted by molar-refractivity contribution is 8.02. The molecule has 0 aliphatic heterocycles. The van der Waals surface area contributed by atoms with Gasteiger partial charge in [-0.25, -0.2) is 0 Å². The molecule has 64 valence electrons. The molecule has 1 rings (SSSR count). The van der Waals surface area contributed by atoms with Gasteiger partial charge in [-0.2, -0.15) is 0 Å². The molecule has 0 fully saturated rings. The smallest absolute Gasteiger partial charge is 0.0614 e. The highest BCUT2D eigenvalue weighted by atomic mass is 32.2. The molecule has 0 saturated carbocycles. The van der Waals surface area contributed by atoms with Crippen molar-refractivity contribution in [1.82, 2.24) is 4.98 Å². The number of hydrogen-bond acceptors (Lipinski definition) is 3. The minimum Gasteiger partial charge on any atom is -0.394 e. The van der Waals surface area contributed by atoms with E-state index in [4.69, 9.17) is 5.73 Å². The molecule has 1 aromatic rings. The summed E-state index contributed by atoms with van der Waals surface area (Å²) in [6.07, 6.45) is 5.50. The Kier molecular flexibility index (Phi) is 3.67. The Morgan fingerprint density at radius 1 is 1.58 bits per heavy atom. The molecule has 2 nitrogen and oxygen atoms in total. The Morgan fingerprint density at radius 2 is 2.25 bits per heavy atom. The van der Waals surface area contributed by atoms with Gasteiger partial charge in [0.2, 0.25) is 0 Å². The predicted molar refractivity (Wildman–Crippen MR) is 53.5 cm³/mol. The molecule has 0 radical (unpaired) electrons. The van der Waals surface area contributed by atoms with Gasteiger partial charge < -0.3 is 5.73 Å². The molecule has 0 aromatic carbocycles. The first-order valence-corrected chi connectivity index (χ1v) is 4.75. The lowest BCUT2D eigenvalue weighted by molar-refractivity contribution is 1.27. The molecule has 0 aliphatic rings. The van der Waals surface area contributed by atoms with Crippen molar-refractivity contribution in [2.45, 2.75) is 12.7 Å². The van der Waals surface area contributed by atoms with Gasteiger partial charge in [0.15, 0.2) is 0 Å². The average molecular weight is 180 g/mol. The zero-order valence-electron chi connectivity index (χ0n) is 7.03. The summed E-state index contributed by atoms with van der Waals surface area (Å²) in [7, 11) is 0. The van der Waals surface area contributed by atoms with Gasteiger partial charge in [0.25, 0.3) is 0 Å². The third-order valence-electron chi connectivity index (χ3n) is 1.44. The predicted octanol–water partition coefficient (Wildman–Crippen LogP) is 2.13. The molecule has 0 atom stereocenters. The summed E-state index contributed by atoms with van der Waals surface area (Å²) < 4.78 is 0. The van der Waals surface area contributed by atoms with E-state index >= 15 is 0 Å². The molecule has 0 bridgehead atoms. The number of nitrogens with zero attached hydrogens (tertiary/aromatic N) is 1. The quantitative estimate of drug-likeness (QED) is 0.774. The maximum Gasteiger partial charge on any atom is 0.0614 e. The minimum atomic E-state index is 0.867. The second-order valence-corrected chi connectivity index (χ2v) is 3.38. The molecule has 3 heteroatoms. The third-order valence-corrected chi connectivity index (χ3v) is 2.49. The first-order valence-electron chi connectivity index (χ1n) is 3.76. The van der Waals surface area contributed by atoms with Gasteiger partial charge in [-0.05, 0) is 24.6 Å². The van der Waals surface area contributed by atoms with E-state index in [1.807, 2.05) is 25.1 Å². The first-order chi connectivity index (χ1) is 5.83. The van der Waals surface area contributed by atoms with E-state index in [1.165, 1.54) is 5.56 Å². The Balaban J connectivity index is 2.44. The summed E-state index contributed by atoms with van der Waals surface area (Å²) in [5, 5.41) is 0.867. The molecule has 0 spiro atoms. The minimum absolute atomic E-state index is 0.867. The maximum absolute atomic E-state index is 5.63.